The molecule has 2 rings (SSSR count). The lowest BCUT2D eigenvalue weighted by Crippen LogP contribution is -2.47. The van der Waals surface area contributed by atoms with Gasteiger partial charge in [0.15, 0.2) is 0 Å². The van der Waals surface area contributed by atoms with Crippen LogP contribution in [-0.2, 0) is 11.2 Å². The van der Waals surface area contributed by atoms with Crippen LogP contribution in [0, 0.1) is 5.41 Å². The van der Waals surface area contributed by atoms with Gasteiger partial charge in [-0.1, -0.05) is 36.8 Å². The molecule has 112 valence electrons. The van der Waals surface area contributed by atoms with Crippen molar-refractivity contribution in [3.8, 4) is 0 Å². The van der Waals surface area contributed by atoms with Gasteiger partial charge in [0.25, 0.3) is 0 Å². The van der Waals surface area contributed by atoms with Crippen molar-refractivity contribution in [1.82, 2.24) is 10.6 Å². The Kier molecular flexibility index (Phi) is 7.03. The van der Waals surface area contributed by atoms with E-state index in [2.05, 4.69) is 22.8 Å². The number of carbonyl (C=O) groups is 1. The quantitative estimate of drug-likeness (QED) is 0.759. The maximum atomic E-state index is 12.4. The maximum Gasteiger partial charge on any atom is 0.226 e. The highest BCUT2D eigenvalue weighted by molar-refractivity contribution is 5.85. The third-order valence-electron chi connectivity index (χ3n) is 4.07. The van der Waals surface area contributed by atoms with Crippen molar-refractivity contribution < 1.29 is 4.79 Å². The van der Waals surface area contributed by atoms with Gasteiger partial charge in [0.05, 0.1) is 5.41 Å². The molecule has 0 aromatic heterocycles. The van der Waals surface area contributed by atoms with Crippen molar-refractivity contribution in [2.24, 2.45) is 5.41 Å². The van der Waals surface area contributed by atoms with Gasteiger partial charge in [-0.25, -0.2) is 0 Å². The van der Waals surface area contributed by atoms with Crippen LogP contribution in [0.1, 0.15) is 31.2 Å². The zero-order chi connectivity index (χ0) is 13.6. The third-order valence-corrected chi connectivity index (χ3v) is 4.07. The molecule has 1 fully saturated rings. The maximum absolute atomic E-state index is 12.4. The first kappa shape index (κ1) is 17.0. The molecule has 1 aliphatic rings. The smallest absolute Gasteiger partial charge is 0.226 e. The molecule has 1 aromatic rings. The Balaban J connectivity index is 0.00000200. The number of nitrogens with one attached hydrogen (secondary N) is 2. The summed E-state index contributed by atoms with van der Waals surface area (Å²) in [5.74, 6) is 0.249. The van der Waals surface area contributed by atoms with Crippen molar-refractivity contribution in [2.75, 3.05) is 20.1 Å². The van der Waals surface area contributed by atoms with Crippen molar-refractivity contribution in [1.29, 1.82) is 0 Å². The Hall–Kier alpha value is -1.06. The molecular formula is C16H25ClN2O. The molecule has 0 unspecified atom stereocenters. The van der Waals surface area contributed by atoms with E-state index in [-0.39, 0.29) is 23.7 Å². The molecule has 0 saturated heterocycles. The number of benzene rings is 1. The van der Waals surface area contributed by atoms with Gasteiger partial charge in [0, 0.05) is 6.54 Å². The first-order valence-corrected chi connectivity index (χ1v) is 7.24. The summed E-state index contributed by atoms with van der Waals surface area (Å²) in [6.45, 7) is 1.72. The van der Waals surface area contributed by atoms with Crippen LogP contribution in [-0.4, -0.2) is 26.0 Å². The predicted molar refractivity (Wildman–Crippen MR) is 85.2 cm³/mol. The molecule has 0 aliphatic heterocycles. The van der Waals surface area contributed by atoms with Crippen molar-refractivity contribution >= 4 is 18.3 Å². The summed E-state index contributed by atoms with van der Waals surface area (Å²) in [5, 5.41) is 6.20. The van der Waals surface area contributed by atoms with E-state index >= 15 is 0 Å². The van der Waals surface area contributed by atoms with E-state index in [9.17, 15) is 4.79 Å². The first-order valence-electron chi connectivity index (χ1n) is 7.24. The fourth-order valence-electron chi connectivity index (χ4n) is 2.73. The van der Waals surface area contributed by atoms with E-state index in [0.717, 1.165) is 38.8 Å². The number of amides is 1. The van der Waals surface area contributed by atoms with Crippen LogP contribution in [0.15, 0.2) is 30.3 Å². The van der Waals surface area contributed by atoms with E-state index in [4.69, 9.17) is 0 Å². The number of carbonyl (C=O) groups excluding carboxylic acids is 1. The first-order chi connectivity index (χ1) is 9.27. The summed E-state index contributed by atoms with van der Waals surface area (Å²) in [6, 6.07) is 10.4. The molecule has 0 atom stereocenters. The fraction of sp³-hybridized carbons (Fsp3) is 0.562. The molecule has 0 radical (unpaired) electrons. The number of rotatable bonds is 7. The second kappa shape index (κ2) is 8.28. The molecule has 0 spiro atoms. The Bertz CT molecular complexity index is 404. The van der Waals surface area contributed by atoms with E-state index in [0.29, 0.717) is 0 Å². The average molecular weight is 297 g/mol. The molecule has 1 saturated carbocycles. The van der Waals surface area contributed by atoms with Gasteiger partial charge in [0.1, 0.15) is 0 Å². The monoisotopic (exact) mass is 296 g/mol. The van der Waals surface area contributed by atoms with Crippen molar-refractivity contribution in [3.05, 3.63) is 35.9 Å². The van der Waals surface area contributed by atoms with Crippen LogP contribution in [0.3, 0.4) is 0 Å². The molecule has 1 aromatic carbocycles. The molecular weight excluding hydrogens is 272 g/mol. The zero-order valence-corrected chi connectivity index (χ0v) is 13.0. The van der Waals surface area contributed by atoms with E-state index < -0.39 is 0 Å². The van der Waals surface area contributed by atoms with Crippen LogP contribution in [0.4, 0.5) is 0 Å². The van der Waals surface area contributed by atoms with Crippen LogP contribution in [0.5, 0.6) is 0 Å². The standard InChI is InChI=1S/C16H24N2O.ClH/c1-17-11-6-12-18-15(19)16(9-5-10-16)13-14-7-3-2-4-8-14;/h2-4,7-8,17H,5-6,9-13H2,1H3,(H,18,19);1H. The van der Waals surface area contributed by atoms with Gasteiger partial charge < -0.3 is 10.6 Å². The summed E-state index contributed by atoms with van der Waals surface area (Å²) in [7, 11) is 1.94. The van der Waals surface area contributed by atoms with Crippen LogP contribution >= 0.6 is 12.4 Å². The molecule has 20 heavy (non-hydrogen) atoms. The molecule has 2 N–H and O–H groups in total. The lowest BCUT2D eigenvalue weighted by atomic mass is 9.64. The van der Waals surface area contributed by atoms with Gasteiger partial charge in [-0.15, -0.1) is 12.4 Å². The van der Waals surface area contributed by atoms with Crippen molar-refractivity contribution in [2.45, 2.75) is 32.1 Å². The topological polar surface area (TPSA) is 41.1 Å². The Labute approximate surface area is 127 Å². The van der Waals surface area contributed by atoms with E-state index in [1.165, 1.54) is 12.0 Å². The Morgan fingerprint density at radius 1 is 1.20 bits per heavy atom. The largest absolute Gasteiger partial charge is 0.356 e. The van der Waals surface area contributed by atoms with Gasteiger partial charge in [0.2, 0.25) is 5.91 Å². The van der Waals surface area contributed by atoms with E-state index in [1.54, 1.807) is 0 Å². The molecule has 0 bridgehead atoms. The van der Waals surface area contributed by atoms with Gasteiger partial charge in [-0.2, -0.15) is 0 Å². The highest BCUT2D eigenvalue weighted by Crippen LogP contribution is 2.43. The Morgan fingerprint density at radius 2 is 1.90 bits per heavy atom. The SMILES string of the molecule is CNCCCNC(=O)C1(Cc2ccccc2)CCC1.Cl. The molecule has 1 amide bonds. The average Bonchev–Trinajstić information content (AvgIpc) is 2.40. The highest BCUT2D eigenvalue weighted by Gasteiger charge is 2.43. The summed E-state index contributed by atoms with van der Waals surface area (Å²) in [5.41, 5.74) is 1.13. The second-order valence-corrected chi connectivity index (χ2v) is 5.51. The summed E-state index contributed by atoms with van der Waals surface area (Å²) in [4.78, 5) is 12.4. The molecule has 0 heterocycles. The van der Waals surface area contributed by atoms with Crippen molar-refractivity contribution in [3.63, 3.8) is 0 Å². The minimum absolute atomic E-state index is 0. The molecule has 3 nitrogen and oxygen atoms in total. The van der Waals surface area contributed by atoms with Gasteiger partial charge >= 0.3 is 0 Å². The number of hydrogen-bond acceptors (Lipinski definition) is 2. The Morgan fingerprint density at radius 3 is 2.45 bits per heavy atom. The van der Waals surface area contributed by atoms with Crippen LogP contribution in [0.2, 0.25) is 0 Å². The summed E-state index contributed by atoms with van der Waals surface area (Å²) < 4.78 is 0. The van der Waals surface area contributed by atoms with Crippen LogP contribution in [0.25, 0.3) is 0 Å². The second-order valence-electron chi connectivity index (χ2n) is 5.51. The number of hydrogen-bond donors (Lipinski definition) is 2. The molecule has 1 aliphatic carbocycles. The third kappa shape index (κ3) is 4.22. The fourth-order valence-corrected chi connectivity index (χ4v) is 2.73. The molecule has 4 heteroatoms. The predicted octanol–water partition coefficient (Wildman–Crippen LogP) is 2.55. The summed E-state index contributed by atoms with van der Waals surface area (Å²) in [6.07, 6.45) is 5.10. The number of halogens is 1. The minimum Gasteiger partial charge on any atom is -0.356 e. The van der Waals surface area contributed by atoms with Crippen LogP contribution < -0.4 is 10.6 Å². The van der Waals surface area contributed by atoms with Gasteiger partial charge in [-0.05, 0) is 44.8 Å². The van der Waals surface area contributed by atoms with E-state index in [1.807, 2.05) is 25.2 Å². The minimum atomic E-state index is -0.138. The lowest BCUT2D eigenvalue weighted by molar-refractivity contribution is -0.135. The lowest BCUT2D eigenvalue weighted by Gasteiger charge is -2.40. The zero-order valence-electron chi connectivity index (χ0n) is 12.2. The normalized spacial score (nSPS) is 15.8. The highest BCUT2D eigenvalue weighted by atomic mass is 35.5. The summed E-state index contributed by atoms with van der Waals surface area (Å²) >= 11 is 0. The van der Waals surface area contributed by atoms with Gasteiger partial charge in [-0.3, -0.25) is 4.79 Å².